The predicted octanol–water partition coefficient (Wildman–Crippen LogP) is 3.54. The zero-order valence-electron chi connectivity index (χ0n) is 17.0. The fourth-order valence-corrected chi connectivity index (χ4v) is 5.13. The molecule has 3 rings (SSSR count). The summed E-state index contributed by atoms with van der Waals surface area (Å²) in [6, 6.07) is 10.3. The summed E-state index contributed by atoms with van der Waals surface area (Å²) < 4.78 is 51.2. The van der Waals surface area contributed by atoms with E-state index in [1.807, 2.05) is 0 Å². The number of nitrogens with zero attached hydrogens (tertiary/aromatic N) is 1. The highest BCUT2D eigenvalue weighted by atomic mass is 35.5. The number of hydrogen-bond acceptors (Lipinski definition) is 5. The van der Waals surface area contributed by atoms with E-state index in [0.29, 0.717) is 35.9 Å². The van der Waals surface area contributed by atoms with Crippen molar-refractivity contribution in [3.63, 3.8) is 0 Å². The Balaban J connectivity index is 1.64. The molecule has 0 radical (unpaired) electrons. The van der Waals surface area contributed by atoms with E-state index in [4.69, 9.17) is 21.1 Å². The van der Waals surface area contributed by atoms with Gasteiger partial charge in [0.15, 0.2) is 5.75 Å². The van der Waals surface area contributed by atoms with Crippen LogP contribution in [0.2, 0.25) is 5.02 Å². The summed E-state index contributed by atoms with van der Waals surface area (Å²) in [6.07, 6.45) is 0.639. The molecule has 0 saturated carbocycles. The molecule has 31 heavy (non-hydrogen) atoms. The molecular formula is C21H24ClFN2O5S. The van der Waals surface area contributed by atoms with Crippen molar-refractivity contribution in [2.75, 3.05) is 38.7 Å². The van der Waals surface area contributed by atoms with Crippen LogP contribution in [0.4, 0.5) is 10.1 Å². The molecule has 1 fully saturated rings. The average Bonchev–Trinajstić information content (AvgIpc) is 2.76. The number of benzene rings is 2. The van der Waals surface area contributed by atoms with Crippen LogP contribution in [0.1, 0.15) is 12.8 Å². The molecule has 1 aliphatic heterocycles. The summed E-state index contributed by atoms with van der Waals surface area (Å²) in [6.45, 7) is 0.895. The van der Waals surface area contributed by atoms with E-state index in [0.717, 1.165) is 6.07 Å². The van der Waals surface area contributed by atoms with Gasteiger partial charge in [0, 0.05) is 26.1 Å². The number of anilines is 1. The Morgan fingerprint density at radius 1 is 1.16 bits per heavy atom. The second-order valence-corrected chi connectivity index (χ2v) is 9.37. The first-order valence-electron chi connectivity index (χ1n) is 9.80. The first kappa shape index (κ1) is 23.5. The second-order valence-electron chi connectivity index (χ2n) is 7.06. The van der Waals surface area contributed by atoms with Crippen molar-refractivity contribution in [3.8, 4) is 5.75 Å². The number of carbonyl (C=O) groups excluding carboxylic acids is 1. The topological polar surface area (TPSA) is 84.9 Å². The molecule has 1 heterocycles. The van der Waals surface area contributed by atoms with Gasteiger partial charge in [0.1, 0.15) is 17.3 Å². The highest BCUT2D eigenvalue weighted by Gasteiger charge is 2.33. The number of carbonyl (C=O) groups is 1. The minimum Gasteiger partial charge on any atom is -0.487 e. The van der Waals surface area contributed by atoms with E-state index in [1.165, 1.54) is 22.5 Å². The SMILES string of the molecule is COCCOc1c(Cl)cccc1NC(=O)C1CCN(S(=O)(=O)c2ccccc2F)CC1. The number of piperidine rings is 1. The standard InChI is InChI=1S/C21H24ClFN2O5S/c1-29-13-14-30-20-16(22)5-4-7-18(20)24-21(26)15-9-11-25(12-10-15)31(27,28)19-8-3-2-6-17(19)23/h2-8,15H,9-14H2,1H3,(H,24,26). The number of methoxy groups -OCH3 is 1. The van der Waals surface area contributed by atoms with Crippen LogP contribution in [0.3, 0.4) is 0 Å². The van der Waals surface area contributed by atoms with Gasteiger partial charge in [-0.25, -0.2) is 12.8 Å². The normalized spacial score (nSPS) is 15.6. The number of halogens is 2. The van der Waals surface area contributed by atoms with Crippen molar-refractivity contribution < 1.29 is 27.1 Å². The molecule has 0 aromatic heterocycles. The Hall–Kier alpha value is -2.20. The Morgan fingerprint density at radius 2 is 1.87 bits per heavy atom. The van der Waals surface area contributed by atoms with Gasteiger partial charge in [-0.1, -0.05) is 29.8 Å². The molecule has 1 saturated heterocycles. The van der Waals surface area contributed by atoms with Crippen LogP contribution in [0.5, 0.6) is 5.75 Å². The molecule has 0 aliphatic carbocycles. The van der Waals surface area contributed by atoms with Crippen LogP contribution in [0.25, 0.3) is 0 Å². The number of ether oxygens (including phenoxy) is 2. The second kappa shape index (κ2) is 10.4. The molecule has 1 N–H and O–H groups in total. The highest BCUT2D eigenvalue weighted by molar-refractivity contribution is 7.89. The Bertz CT molecular complexity index is 1030. The van der Waals surface area contributed by atoms with Crippen molar-refractivity contribution in [2.45, 2.75) is 17.7 Å². The van der Waals surface area contributed by atoms with E-state index in [2.05, 4.69) is 5.32 Å². The largest absolute Gasteiger partial charge is 0.487 e. The van der Waals surface area contributed by atoms with Gasteiger partial charge in [0.2, 0.25) is 15.9 Å². The summed E-state index contributed by atoms with van der Waals surface area (Å²) in [7, 11) is -2.40. The molecular weight excluding hydrogens is 447 g/mol. The maximum Gasteiger partial charge on any atom is 0.245 e. The van der Waals surface area contributed by atoms with Crippen molar-refractivity contribution in [1.29, 1.82) is 0 Å². The maximum absolute atomic E-state index is 14.0. The maximum atomic E-state index is 14.0. The van der Waals surface area contributed by atoms with E-state index < -0.39 is 21.8 Å². The third kappa shape index (κ3) is 5.54. The predicted molar refractivity (Wildman–Crippen MR) is 115 cm³/mol. The minimum absolute atomic E-state index is 0.126. The summed E-state index contributed by atoms with van der Waals surface area (Å²) in [5.74, 6) is -1.07. The third-order valence-corrected chi connectivity index (χ3v) is 7.27. The molecule has 0 atom stereocenters. The van der Waals surface area contributed by atoms with Crippen molar-refractivity contribution in [3.05, 3.63) is 53.3 Å². The molecule has 0 spiro atoms. The molecule has 10 heteroatoms. The fraction of sp³-hybridized carbons (Fsp3) is 0.381. The highest BCUT2D eigenvalue weighted by Crippen LogP contribution is 2.34. The lowest BCUT2D eigenvalue weighted by Crippen LogP contribution is -2.41. The molecule has 7 nitrogen and oxygen atoms in total. The van der Waals surface area contributed by atoms with Crippen LogP contribution >= 0.6 is 11.6 Å². The van der Waals surface area contributed by atoms with Crippen molar-refractivity contribution >= 4 is 33.2 Å². The van der Waals surface area contributed by atoms with Gasteiger partial charge in [-0.05, 0) is 37.1 Å². The summed E-state index contributed by atoms with van der Waals surface area (Å²) in [5.41, 5.74) is 0.440. The fourth-order valence-electron chi connectivity index (χ4n) is 3.37. The summed E-state index contributed by atoms with van der Waals surface area (Å²) >= 11 is 6.20. The van der Waals surface area contributed by atoms with Gasteiger partial charge in [0.25, 0.3) is 0 Å². The first-order chi connectivity index (χ1) is 14.8. The molecule has 0 unspecified atom stereocenters. The van der Waals surface area contributed by atoms with E-state index in [1.54, 1.807) is 25.3 Å². The van der Waals surface area contributed by atoms with Gasteiger partial charge in [-0.2, -0.15) is 4.31 Å². The number of hydrogen-bond donors (Lipinski definition) is 1. The van der Waals surface area contributed by atoms with Gasteiger partial charge >= 0.3 is 0 Å². The molecule has 1 amide bonds. The monoisotopic (exact) mass is 470 g/mol. The van der Waals surface area contributed by atoms with Gasteiger partial charge in [-0.15, -0.1) is 0 Å². The number of rotatable bonds is 8. The minimum atomic E-state index is -3.95. The Labute approximate surface area is 186 Å². The van der Waals surface area contributed by atoms with Gasteiger partial charge < -0.3 is 14.8 Å². The zero-order valence-corrected chi connectivity index (χ0v) is 18.6. The van der Waals surface area contributed by atoms with Crippen LogP contribution in [-0.4, -0.2) is 52.0 Å². The van der Waals surface area contributed by atoms with E-state index in [-0.39, 0.29) is 30.5 Å². The smallest absolute Gasteiger partial charge is 0.245 e. The van der Waals surface area contributed by atoms with Gasteiger partial charge in [-0.3, -0.25) is 4.79 Å². The van der Waals surface area contributed by atoms with Gasteiger partial charge in [0.05, 0.1) is 17.3 Å². The lowest BCUT2D eigenvalue weighted by Gasteiger charge is -2.30. The van der Waals surface area contributed by atoms with Crippen LogP contribution in [0.15, 0.2) is 47.4 Å². The zero-order chi connectivity index (χ0) is 22.4. The van der Waals surface area contributed by atoms with Crippen molar-refractivity contribution in [1.82, 2.24) is 4.31 Å². The van der Waals surface area contributed by atoms with E-state index >= 15 is 0 Å². The molecule has 168 valence electrons. The van der Waals surface area contributed by atoms with Crippen LogP contribution < -0.4 is 10.1 Å². The van der Waals surface area contributed by atoms with Crippen LogP contribution in [0, 0.1) is 11.7 Å². The lowest BCUT2D eigenvalue weighted by molar-refractivity contribution is -0.120. The number of sulfonamides is 1. The lowest BCUT2D eigenvalue weighted by atomic mass is 9.97. The number of para-hydroxylation sites is 1. The van der Waals surface area contributed by atoms with Crippen LogP contribution in [-0.2, 0) is 19.6 Å². The summed E-state index contributed by atoms with van der Waals surface area (Å²) in [5, 5.41) is 3.19. The molecule has 1 aliphatic rings. The third-order valence-electron chi connectivity index (χ3n) is 5.04. The number of amides is 1. The molecule has 2 aromatic rings. The quantitative estimate of drug-likeness (QED) is 0.596. The molecule has 2 aromatic carbocycles. The molecule has 0 bridgehead atoms. The van der Waals surface area contributed by atoms with E-state index in [9.17, 15) is 17.6 Å². The van der Waals surface area contributed by atoms with Crippen molar-refractivity contribution in [2.24, 2.45) is 5.92 Å². The number of nitrogens with one attached hydrogen (secondary N) is 1. The Morgan fingerprint density at radius 3 is 2.55 bits per heavy atom. The first-order valence-corrected chi connectivity index (χ1v) is 11.6. The Kier molecular flexibility index (Phi) is 7.88. The average molecular weight is 471 g/mol. The summed E-state index contributed by atoms with van der Waals surface area (Å²) in [4.78, 5) is 12.4.